The number of benzene rings is 4. The molecule has 0 saturated carbocycles. The lowest BCUT2D eigenvalue weighted by molar-refractivity contribution is 0.0697. The lowest BCUT2D eigenvalue weighted by Gasteiger charge is -2.12. The molecular formula is C17H11NO2. The van der Waals surface area contributed by atoms with Gasteiger partial charge in [0.05, 0.1) is 5.56 Å². The molecule has 0 atom stereocenters. The monoisotopic (exact) mass is 261 g/mol. The van der Waals surface area contributed by atoms with Crippen LogP contribution in [-0.2, 0) is 0 Å². The van der Waals surface area contributed by atoms with Gasteiger partial charge in [-0.1, -0.05) is 30.3 Å². The molecule has 3 heteroatoms. The number of aromatic carboxylic acids is 1. The first-order valence-corrected chi connectivity index (χ1v) is 6.35. The molecule has 4 rings (SSSR count). The second-order valence-electron chi connectivity index (χ2n) is 5.03. The van der Waals surface area contributed by atoms with Crippen LogP contribution in [0, 0.1) is 0 Å². The minimum atomic E-state index is -0.907. The normalized spacial score (nSPS) is 11.6. The summed E-state index contributed by atoms with van der Waals surface area (Å²) in [6.45, 7) is 0. The first-order valence-electron chi connectivity index (χ1n) is 6.35. The van der Waals surface area contributed by atoms with Crippen LogP contribution in [0.2, 0.25) is 0 Å². The molecule has 0 saturated heterocycles. The molecule has 3 nitrogen and oxygen atoms in total. The van der Waals surface area contributed by atoms with E-state index in [9.17, 15) is 9.90 Å². The highest BCUT2D eigenvalue weighted by Gasteiger charge is 2.12. The quantitative estimate of drug-likeness (QED) is 0.404. The predicted octanol–water partition coefficient (Wildman–Crippen LogP) is 3.86. The van der Waals surface area contributed by atoms with Gasteiger partial charge in [-0.05, 0) is 45.1 Å². The molecule has 0 aliphatic rings. The third-order valence-electron chi connectivity index (χ3n) is 3.88. The van der Waals surface area contributed by atoms with Crippen LogP contribution in [-0.4, -0.2) is 11.1 Å². The summed E-state index contributed by atoms with van der Waals surface area (Å²) >= 11 is 0. The SMILES string of the molecule is Nc1ccc2ccc3cc(C(=O)O)cc4ccc1c2c34. The van der Waals surface area contributed by atoms with Crippen molar-refractivity contribution in [2.24, 2.45) is 0 Å². The van der Waals surface area contributed by atoms with E-state index >= 15 is 0 Å². The van der Waals surface area contributed by atoms with Gasteiger partial charge in [-0.15, -0.1) is 0 Å². The Morgan fingerprint density at radius 1 is 0.850 bits per heavy atom. The molecule has 0 spiro atoms. The summed E-state index contributed by atoms with van der Waals surface area (Å²) in [5.41, 5.74) is 7.10. The summed E-state index contributed by atoms with van der Waals surface area (Å²) in [5.74, 6) is -0.907. The molecule has 4 aromatic rings. The highest BCUT2D eigenvalue weighted by atomic mass is 16.4. The van der Waals surface area contributed by atoms with Gasteiger partial charge in [0, 0.05) is 11.1 Å². The molecule has 0 fully saturated rings. The number of carboxylic acid groups (broad SMARTS) is 1. The van der Waals surface area contributed by atoms with Crippen LogP contribution in [0.25, 0.3) is 32.3 Å². The smallest absolute Gasteiger partial charge is 0.335 e. The van der Waals surface area contributed by atoms with Crippen molar-refractivity contribution < 1.29 is 9.90 Å². The van der Waals surface area contributed by atoms with Gasteiger partial charge in [-0.2, -0.15) is 0 Å². The summed E-state index contributed by atoms with van der Waals surface area (Å²) < 4.78 is 0. The van der Waals surface area contributed by atoms with Crippen molar-refractivity contribution in [3.63, 3.8) is 0 Å². The summed E-state index contributed by atoms with van der Waals surface area (Å²) in [6.07, 6.45) is 0. The number of nitrogen functional groups attached to an aromatic ring is 1. The van der Waals surface area contributed by atoms with E-state index in [0.29, 0.717) is 5.56 Å². The Labute approximate surface area is 114 Å². The molecule has 0 heterocycles. The second-order valence-corrected chi connectivity index (χ2v) is 5.03. The highest BCUT2D eigenvalue weighted by molar-refractivity contribution is 6.25. The topological polar surface area (TPSA) is 63.3 Å². The largest absolute Gasteiger partial charge is 0.478 e. The van der Waals surface area contributed by atoms with E-state index < -0.39 is 5.97 Å². The van der Waals surface area contributed by atoms with Gasteiger partial charge < -0.3 is 10.8 Å². The van der Waals surface area contributed by atoms with Crippen LogP contribution in [0.5, 0.6) is 0 Å². The maximum atomic E-state index is 11.2. The van der Waals surface area contributed by atoms with Crippen molar-refractivity contribution in [3.8, 4) is 0 Å². The van der Waals surface area contributed by atoms with Gasteiger partial charge in [0.2, 0.25) is 0 Å². The lowest BCUT2D eigenvalue weighted by atomic mass is 9.92. The number of rotatable bonds is 1. The van der Waals surface area contributed by atoms with Crippen LogP contribution in [0.4, 0.5) is 5.69 Å². The maximum absolute atomic E-state index is 11.2. The summed E-state index contributed by atoms with van der Waals surface area (Å²) in [7, 11) is 0. The van der Waals surface area contributed by atoms with Crippen molar-refractivity contribution in [3.05, 3.63) is 54.1 Å². The van der Waals surface area contributed by atoms with Crippen molar-refractivity contribution in [2.75, 3.05) is 5.73 Å². The Balaban J connectivity index is 2.32. The van der Waals surface area contributed by atoms with Crippen molar-refractivity contribution in [2.45, 2.75) is 0 Å². The number of carboxylic acids is 1. The van der Waals surface area contributed by atoms with Crippen molar-refractivity contribution >= 4 is 44.0 Å². The molecule has 0 unspecified atom stereocenters. The zero-order valence-corrected chi connectivity index (χ0v) is 10.6. The zero-order valence-electron chi connectivity index (χ0n) is 10.6. The van der Waals surface area contributed by atoms with Gasteiger partial charge in [0.25, 0.3) is 0 Å². The zero-order chi connectivity index (χ0) is 13.9. The van der Waals surface area contributed by atoms with E-state index in [1.807, 2.05) is 36.4 Å². The first-order chi connectivity index (χ1) is 9.65. The fourth-order valence-electron chi connectivity index (χ4n) is 2.97. The third-order valence-corrected chi connectivity index (χ3v) is 3.88. The average molecular weight is 261 g/mol. The number of hydrogen-bond donors (Lipinski definition) is 2. The Morgan fingerprint density at radius 3 is 2.15 bits per heavy atom. The van der Waals surface area contributed by atoms with Gasteiger partial charge in [0.1, 0.15) is 0 Å². The molecule has 20 heavy (non-hydrogen) atoms. The fraction of sp³-hybridized carbons (Fsp3) is 0. The van der Waals surface area contributed by atoms with Crippen LogP contribution >= 0.6 is 0 Å². The summed E-state index contributed by atoms with van der Waals surface area (Å²) in [5, 5.41) is 15.4. The molecule has 0 aliphatic carbocycles. The third kappa shape index (κ3) is 1.32. The minimum absolute atomic E-state index is 0.309. The van der Waals surface area contributed by atoms with Gasteiger partial charge >= 0.3 is 5.97 Å². The molecule has 3 N–H and O–H groups in total. The van der Waals surface area contributed by atoms with E-state index in [0.717, 1.165) is 38.0 Å². The fourth-order valence-corrected chi connectivity index (χ4v) is 2.97. The van der Waals surface area contributed by atoms with Crippen LogP contribution in [0.15, 0.2) is 48.5 Å². The van der Waals surface area contributed by atoms with E-state index in [2.05, 4.69) is 0 Å². The van der Waals surface area contributed by atoms with Crippen LogP contribution in [0.1, 0.15) is 10.4 Å². The molecule has 0 amide bonds. The van der Waals surface area contributed by atoms with E-state index in [4.69, 9.17) is 5.73 Å². The standard InChI is InChI=1S/C17H11NO2/c18-14-6-4-9-1-2-10-7-12(17(19)20)8-11-3-5-13(14)16(9)15(10)11/h1-8H,18H2,(H,19,20). The van der Waals surface area contributed by atoms with E-state index in [-0.39, 0.29) is 0 Å². The summed E-state index contributed by atoms with van der Waals surface area (Å²) in [6, 6.07) is 15.2. The average Bonchev–Trinajstić information content (AvgIpc) is 2.46. The number of carbonyl (C=O) groups is 1. The number of nitrogens with two attached hydrogens (primary N) is 1. The van der Waals surface area contributed by atoms with E-state index in [1.165, 1.54) is 0 Å². The molecule has 4 aromatic carbocycles. The minimum Gasteiger partial charge on any atom is -0.478 e. The number of hydrogen-bond acceptors (Lipinski definition) is 2. The molecular weight excluding hydrogens is 250 g/mol. The Hall–Kier alpha value is -2.81. The molecule has 96 valence electrons. The van der Waals surface area contributed by atoms with Crippen LogP contribution in [0.3, 0.4) is 0 Å². The number of anilines is 1. The maximum Gasteiger partial charge on any atom is 0.335 e. The van der Waals surface area contributed by atoms with Gasteiger partial charge in [-0.3, -0.25) is 0 Å². The van der Waals surface area contributed by atoms with E-state index in [1.54, 1.807) is 12.1 Å². The Kier molecular flexibility index (Phi) is 1.99. The predicted molar refractivity (Wildman–Crippen MR) is 81.5 cm³/mol. The van der Waals surface area contributed by atoms with Gasteiger partial charge in [0.15, 0.2) is 0 Å². The van der Waals surface area contributed by atoms with Gasteiger partial charge in [-0.25, -0.2) is 4.79 Å². The Morgan fingerprint density at radius 2 is 1.45 bits per heavy atom. The molecule has 0 radical (unpaired) electrons. The highest BCUT2D eigenvalue weighted by Crippen LogP contribution is 2.37. The first kappa shape index (κ1) is 11.1. The van der Waals surface area contributed by atoms with Crippen molar-refractivity contribution in [1.29, 1.82) is 0 Å². The summed E-state index contributed by atoms with van der Waals surface area (Å²) in [4.78, 5) is 11.2. The second kappa shape index (κ2) is 3.61. The van der Waals surface area contributed by atoms with Crippen LogP contribution < -0.4 is 5.73 Å². The molecule has 0 aromatic heterocycles. The Bertz CT molecular complexity index is 970. The van der Waals surface area contributed by atoms with Crippen molar-refractivity contribution in [1.82, 2.24) is 0 Å². The lowest BCUT2D eigenvalue weighted by Crippen LogP contribution is -1.97. The molecule has 0 bridgehead atoms. The molecule has 0 aliphatic heterocycles.